The van der Waals surface area contributed by atoms with E-state index in [1.165, 1.54) is 24.2 Å². The van der Waals surface area contributed by atoms with Gasteiger partial charge >= 0.3 is 0 Å². The summed E-state index contributed by atoms with van der Waals surface area (Å²) in [5.74, 6) is 0. The fraction of sp³-hybridized carbons (Fsp3) is 0.467. The smallest absolute Gasteiger partial charge is 0.0888 e. The van der Waals surface area contributed by atoms with Crippen LogP contribution in [0.5, 0.6) is 0 Å². The van der Waals surface area contributed by atoms with Gasteiger partial charge in [0, 0.05) is 9.27 Å². The van der Waals surface area contributed by atoms with Crippen LogP contribution in [0.3, 0.4) is 0 Å². The van der Waals surface area contributed by atoms with Crippen molar-refractivity contribution >= 4 is 19.8 Å². The summed E-state index contributed by atoms with van der Waals surface area (Å²) in [6, 6.07) is 10.9. The summed E-state index contributed by atoms with van der Waals surface area (Å²) in [5, 5.41) is 0. The largest absolute Gasteiger partial charge is 0.122 e. The molecule has 1 aromatic rings. The third-order valence-electron chi connectivity index (χ3n) is 3.71. The summed E-state index contributed by atoms with van der Waals surface area (Å²) in [6.45, 7) is 7.26. The third kappa shape index (κ3) is 2.86. The lowest BCUT2D eigenvalue weighted by atomic mass is 10.4. The third-order valence-corrected chi connectivity index (χ3v) is 10.8. The zero-order valence-corrected chi connectivity index (χ0v) is 12.9. The van der Waals surface area contributed by atoms with Gasteiger partial charge in [-0.25, -0.2) is 0 Å². The first-order valence-corrected chi connectivity index (χ1v) is 10.4. The number of rotatable bonds is 5. The van der Waals surface area contributed by atoms with Crippen molar-refractivity contribution in [2.45, 2.75) is 48.5 Å². The van der Waals surface area contributed by atoms with Gasteiger partial charge in [0.15, 0.2) is 0 Å². The van der Waals surface area contributed by atoms with Gasteiger partial charge in [0.2, 0.25) is 0 Å². The standard InChI is InChI=1S/C15H22SSi/c1-4-5-13-17(2,3)15(11-12-15)16-14-9-7-6-8-10-14/h5-10,13H,4,11-12H2,1-3H3/b13-5+. The molecule has 0 aliphatic heterocycles. The van der Waals surface area contributed by atoms with E-state index < -0.39 is 8.07 Å². The van der Waals surface area contributed by atoms with Gasteiger partial charge in [-0.05, 0) is 31.4 Å². The molecular formula is C15H22SSi. The molecule has 0 radical (unpaired) electrons. The minimum Gasteiger partial charge on any atom is -0.122 e. The van der Waals surface area contributed by atoms with Gasteiger partial charge in [0.05, 0.1) is 8.07 Å². The highest BCUT2D eigenvalue weighted by atomic mass is 32.2. The summed E-state index contributed by atoms with van der Waals surface area (Å²) in [5.41, 5.74) is 2.55. The molecule has 0 heterocycles. The second-order valence-electron chi connectivity index (χ2n) is 5.44. The maximum absolute atomic E-state index is 2.55. The van der Waals surface area contributed by atoms with E-state index in [9.17, 15) is 0 Å². The van der Waals surface area contributed by atoms with Crippen molar-refractivity contribution in [3.63, 3.8) is 0 Å². The van der Waals surface area contributed by atoms with Crippen molar-refractivity contribution in [1.82, 2.24) is 0 Å². The summed E-state index contributed by atoms with van der Waals surface area (Å²) in [4.78, 5) is 1.44. The maximum atomic E-state index is 2.55. The Morgan fingerprint density at radius 3 is 2.41 bits per heavy atom. The maximum Gasteiger partial charge on any atom is 0.0888 e. The summed E-state index contributed by atoms with van der Waals surface area (Å²) >= 11 is 2.12. The molecule has 17 heavy (non-hydrogen) atoms. The van der Waals surface area contributed by atoms with Crippen molar-refractivity contribution in [1.29, 1.82) is 0 Å². The first-order chi connectivity index (χ1) is 8.10. The summed E-state index contributed by atoms with van der Waals surface area (Å²) < 4.78 is 0.569. The quantitative estimate of drug-likeness (QED) is 0.668. The molecule has 2 rings (SSSR count). The van der Waals surface area contributed by atoms with E-state index in [1.807, 2.05) is 0 Å². The van der Waals surface area contributed by atoms with Crippen LogP contribution in [0.2, 0.25) is 13.1 Å². The molecule has 1 aliphatic carbocycles. The highest BCUT2D eigenvalue weighted by Gasteiger charge is 2.54. The van der Waals surface area contributed by atoms with Crippen molar-refractivity contribution in [2.24, 2.45) is 0 Å². The van der Waals surface area contributed by atoms with Gasteiger partial charge in [0.25, 0.3) is 0 Å². The Balaban J connectivity index is 2.12. The van der Waals surface area contributed by atoms with Crippen LogP contribution in [0, 0.1) is 0 Å². The number of benzene rings is 1. The molecule has 1 aromatic carbocycles. The molecular weight excluding hydrogens is 240 g/mol. The normalized spacial score (nSPS) is 18.5. The van der Waals surface area contributed by atoms with Crippen LogP contribution >= 0.6 is 11.8 Å². The zero-order valence-electron chi connectivity index (χ0n) is 11.1. The van der Waals surface area contributed by atoms with Gasteiger partial charge in [-0.15, -0.1) is 11.8 Å². The topological polar surface area (TPSA) is 0 Å². The van der Waals surface area contributed by atoms with E-state index in [1.54, 1.807) is 0 Å². The van der Waals surface area contributed by atoms with Crippen molar-refractivity contribution in [3.8, 4) is 0 Å². The fourth-order valence-corrected chi connectivity index (χ4v) is 7.47. The Hall–Kier alpha value is -0.473. The predicted octanol–water partition coefficient (Wildman–Crippen LogP) is 5.06. The second-order valence-corrected chi connectivity index (χ2v) is 12.0. The van der Waals surface area contributed by atoms with Crippen molar-refractivity contribution < 1.29 is 0 Å². The summed E-state index contributed by atoms with van der Waals surface area (Å²) in [7, 11) is -1.24. The SMILES string of the molecule is CC/C=C/[Si](C)(C)C1(Sc2ccccc2)CC1. The highest BCUT2D eigenvalue weighted by Crippen LogP contribution is 2.57. The number of thioether (sulfide) groups is 1. The first kappa shape index (κ1) is 13.0. The Labute approximate surface area is 111 Å². The average Bonchev–Trinajstić information content (AvgIpc) is 3.09. The van der Waals surface area contributed by atoms with Crippen molar-refractivity contribution in [2.75, 3.05) is 0 Å². The van der Waals surface area contributed by atoms with Crippen LogP contribution in [-0.4, -0.2) is 12.4 Å². The van der Waals surface area contributed by atoms with Gasteiger partial charge in [-0.2, -0.15) is 0 Å². The van der Waals surface area contributed by atoms with Gasteiger partial charge in [0.1, 0.15) is 0 Å². The molecule has 1 saturated carbocycles. The Morgan fingerprint density at radius 2 is 1.88 bits per heavy atom. The molecule has 0 aromatic heterocycles. The van der Waals surface area contributed by atoms with Crippen LogP contribution in [0.15, 0.2) is 47.0 Å². The van der Waals surface area contributed by atoms with Gasteiger partial charge < -0.3 is 0 Å². The van der Waals surface area contributed by atoms with Crippen LogP contribution in [0.4, 0.5) is 0 Å². The first-order valence-electron chi connectivity index (χ1n) is 6.51. The van der Waals surface area contributed by atoms with E-state index in [0.29, 0.717) is 4.37 Å². The van der Waals surface area contributed by atoms with E-state index in [0.717, 1.165) is 0 Å². The van der Waals surface area contributed by atoms with E-state index in [-0.39, 0.29) is 0 Å². The Kier molecular flexibility index (Phi) is 3.84. The van der Waals surface area contributed by atoms with Gasteiger partial charge in [-0.3, -0.25) is 0 Å². The lowest BCUT2D eigenvalue weighted by Gasteiger charge is -2.29. The minimum absolute atomic E-state index is 0.569. The molecule has 0 amide bonds. The van der Waals surface area contributed by atoms with Gasteiger partial charge in [-0.1, -0.05) is 50.0 Å². The highest BCUT2D eigenvalue weighted by molar-refractivity contribution is 8.03. The molecule has 2 heteroatoms. The minimum atomic E-state index is -1.24. The molecule has 92 valence electrons. The van der Waals surface area contributed by atoms with Crippen LogP contribution < -0.4 is 0 Å². The van der Waals surface area contributed by atoms with E-state index >= 15 is 0 Å². The Bertz CT molecular complexity index is 391. The lowest BCUT2D eigenvalue weighted by molar-refractivity contribution is 1.21. The van der Waals surface area contributed by atoms with Crippen molar-refractivity contribution in [3.05, 3.63) is 42.1 Å². The average molecular weight is 262 g/mol. The molecule has 0 atom stereocenters. The van der Waals surface area contributed by atoms with Crippen LogP contribution in [-0.2, 0) is 0 Å². The number of hydrogen-bond acceptors (Lipinski definition) is 1. The molecule has 0 spiro atoms. The van der Waals surface area contributed by atoms with Crippen LogP contribution in [0.25, 0.3) is 0 Å². The van der Waals surface area contributed by atoms with E-state index in [4.69, 9.17) is 0 Å². The molecule has 0 unspecified atom stereocenters. The molecule has 1 fully saturated rings. The number of hydrogen-bond donors (Lipinski definition) is 0. The monoisotopic (exact) mass is 262 g/mol. The van der Waals surface area contributed by atoms with Crippen LogP contribution in [0.1, 0.15) is 26.2 Å². The second kappa shape index (κ2) is 5.03. The molecule has 0 saturated heterocycles. The zero-order chi connectivity index (χ0) is 12.4. The predicted molar refractivity (Wildman–Crippen MR) is 81.2 cm³/mol. The molecule has 0 nitrogen and oxygen atoms in total. The molecule has 0 bridgehead atoms. The molecule has 1 aliphatic rings. The van der Waals surface area contributed by atoms with E-state index in [2.05, 4.69) is 73.9 Å². The summed E-state index contributed by atoms with van der Waals surface area (Å²) in [6.07, 6.45) is 6.35. The lowest BCUT2D eigenvalue weighted by Crippen LogP contribution is -2.39. The molecule has 0 N–H and O–H groups in total. The number of allylic oxidation sites excluding steroid dienone is 1. The Morgan fingerprint density at radius 1 is 1.24 bits per heavy atom. The fourth-order valence-electron chi connectivity index (χ4n) is 2.27.